The number of nitrogens with zero attached hydrogens (tertiary/aromatic N) is 2. The van der Waals surface area contributed by atoms with Crippen molar-refractivity contribution in [2.45, 2.75) is 4.90 Å². The Morgan fingerprint density at radius 3 is 2.89 bits per heavy atom. The SMILES string of the molecule is Nc1[nH]ncc1S(=O)(=O)N1CCOc2ccccc21. The number of aromatic amines is 1. The summed E-state index contributed by atoms with van der Waals surface area (Å²) in [7, 11) is -3.73. The van der Waals surface area contributed by atoms with Crippen LogP contribution in [0.15, 0.2) is 35.4 Å². The molecule has 3 rings (SSSR count). The van der Waals surface area contributed by atoms with Gasteiger partial charge >= 0.3 is 0 Å². The molecule has 0 unspecified atom stereocenters. The monoisotopic (exact) mass is 280 g/mol. The summed E-state index contributed by atoms with van der Waals surface area (Å²) in [5.41, 5.74) is 6.11. The summed E-state index contributed by atoms with van der Waals surface area (Å²) in [5, 5.41) is 6.08. The Morgan fingerprint density at radius 2 is 2.16 bits per heavy atom. The second kappa shape index (κ2) is 4.16. The molecule has 0 saturated carbocycles. The lowest BCUT2D eigenvalue weighted by Crippen LogP contribution is -2.38. The number of nitrogens with one attached hydrogen (secondary N) is 1. The van der Waals surface area contributed by atoms with Gasteiger partial charge in [-0.15, -0.1) is 0 Å². The number of anilines is 2. The van der Waals surface area contributed by atoms with Gasteiger partial charge in [-0.3, -0.25) is 9.40 Å². The third kappa shape index (κ3) is 1.80. The summed E-state index contributed by atoms with van der Waals surface area (Å²) in [6, 6.07) is 6.98. The van der Waals surface area contributed by atoms with E-state index in [0.717, 1.165) is 0 Å². The predicted molar refractivity (Wildman–Crippen MR) is 69.5 cm³/mol. The number of nitrogen functional groups attached to an aromatic ring is 1. The first-order valence-corrected chi connectivity index (χ1v) is 7.08. The van der Waals surface area contributed by atoms with Crippen molar-refractivity contribution >= 4 is 21.5 Å². The van der Waals surface area contributed by atoms with Gasteiger partial charge in [0.05, 0.1) is 18.4 Å². The molecule has 0 spiro atoms. The van der Waals surface area contributed by atoms with Gasteiger partial charge in [0, 0.05) is 0 Å². The Kier molecular flexibility index (Phi) is 2.59. The topological polar surface area (TPSA) is 101 Å². The lowest BCUT2D eigenvalue weighted by atomic mass is 10.2. The van der Waals surface area contributed by atoms with Gasteiger partial charge < -0.3 is 10.5 Å². The third-order valence-electron chi connectivity index (χ3n) is 2.89. The average molecular weight is 280 g/mol. The van der Waals surface area contributed by atoms with E-state index in [0.29, 0.717) is 18.0 Å². The van der Waals surface area contributed by atoms with Crippen LogP contribution in [0.25, 0.3) is 0 Å². The van der Waals surface area contributed by atoms with Crippen LogP contribution in [0.4, 0.5) is 11.5 Å². The molecule has 0 atom stereocenters. The highest BCUT2D eigenvalue weighted by Gasteiger charge is 2.32. The molecular weight excluding hydrogens is 268 g/mol. The zero-order valence-corrected chi connectivity index (χ0v) is 10.7. The minimum Gasteiger partial charge on any atom is -0.489 e. The predicted octanol–water partition coefficient (Wildman–Crippen LogP) is 0.580. The van der Waals surface area contributed by atoms with Gasteiger partial charge in [-0.1, -0.05) is 12.1 Å². The van der Waals surface area contributed by atoms with E-state index in [1.807, 2.05) is 0 Å². The first-order valence-electron chi connectivity index (χ1n) is 5.64. The van der Waals surface area contributed by atoms with Crippen LogP contribution in [0.3, 0.4) is 0 Å². The quantitative estimate of drug-likeness (QED) is 0.838. The number of fused-ring (bicyclic) bond motifs is 1. The number of benzene rings is 1. The summed E-state index contributed by atoms with van der Waals surface area (Å²) >= 11 is 0. The minimum atomic E-state index is -3.73. The zero-order valence-electron chi connectivity index (χ0n) is 9.91. The number of aromatic nitrogens is 2. The van der Waals surface area contributed by atoms with Gasteiger partial charge in [-0.05, 0) is 12.1 Å². The van der Waals surface area contributed by atoms with E-state index in [1.54, 1.807) is 24.3 Å². The Hall–Kier alpha value is -2.22. The minimum absolute atomic E-state index is 0.0239. The number of rotatable bonds is 2. The first-order chi connectivity index (χ1) is 9.10. The van der Waals surface area contributed by atoms with Crippen LogP contribution < -0.4 is 14.8 Å². The lowest BCUT2D eigenvalue weighted by Gasteiger charge is -2.29. The number of hydrogen-bond acceptors (Lipinski definition) is 5. The Labute approximate surface area is 110 Å². The number of para-hydroxylation sites is 2. The molecule has 2 aromatic rings. The summed E-state index contributed by atoms with van der Waals surface area (Å²) in [6.45, 7) is 0.540. The fourth-order valence-electron chi connectivity index (χ4n) is 2.00. The van der Waals surface area contributed by atoms with E-state index in [4.69, 9.17) is 10.5 Å². The Bertz CT molecular complexity index is 710. The molecule has 7 nitrogen and oxygen atoms in total. The maximum Gasteiger partial charge on any atom is 0.269 e. The lowest BCUT2D eigenvalue weighted by molar-refractivity contribution is 0.316. The maximum atomic E-state index is 12.6. The van der Waals surface area contributed by atoms with Crippen molar-refractivity contribution < 1.29 is 13.2 Å². The van der Waals surface area contributed by atoms with Gasteiger partial charge in [0.25, 0.3) is 10.0 Å². The van der Waals surface area contributed by atoms with Gasteiger partial charge in [0.2, 0.25) is 0 Å². The average Bonchev–Trinajstić information content (AvgIpc) is 2.85. The van der Waals surface area contributed by atoms with Crippen molar-refractivity contribution in [1.29, 1.82) is 0 Å². The smallest absolute Gasteiger partial charge is 0.269 e. The van der Waals surface area contributed by atoms with Crippen LogP contribution in [0.1, 0.15) is 0 Å². The molecule has 0 amide bonds. The Balaban J connectivity index is 2.12. The molecule has 1 aliphatic heterocycles. The van der Waals surface area contributed by atoms with Gasteiger partial charge in [0.15, 0.2) is 0 Å². The van der Waals surface area contributed by atoms with Crippen LogP contribution in [-0.2, 0) is 10.0 Å². The second-order valence-electron chi connectivity index (χ2n) is 4.04. The molecule has 0 radical (unpaired) electrons. The van der Waals surface area contributed by atoms with E-state index < -0.39 is 10.0 Å². The number of H-pyrrole nitrogens is 1. The maximum absolute atomic E-state index is 12.6. The number of hydrogen-bond donors (Lipinski definition) is 2. The van der Waals surface area contributed by atoms with Crippen LogP contribution in [0.2, 0.25) is 0 Å². The Morgan fingerprint density at radius 1 is 1.37 bits per heavy atom. The number of nitrogens with two attached hydrogens (primary N) is 1. The highest BCUT2D eigenvalue weighted by atomic mass is 32.2. The first kappa shape index (κ1) is 11.8. The summed E-state index contributed by atoms with van der Waals surface area (Å²) in [6.07, 6.45) is 1.21. The van der Waals surface area contributed by atoms with Crippen molar-refractivity contribution in [3.8, 4) is 5.75 Å². The van der Waals surface area contributed by atoms with Gasteiger partial charge in [-0.25, -0.2) is 8.42 Å². The fourth-order valence-corrected chi connectivity index (χ4v) is 3.47. The van der Waals surface area contributed by atoms with Crippen molar-refractivity contribution in [3.05, 3.63) is 30.5 Å². The van der Waals surface area contributed by atoms with E-state index in [-0.39, 0.29) is 17.3 Å². The third-order valence-corrected chi connectivity index (χ3v) is 4.73. The zero-order chi connectivity index (χ0) is 13.5. The normalized spacial score (nSPS) is 14.8. The fraction of sp³-hybridized carbons (Fsp3) is 0.182. The van der Waals surface area contributed by atoms with Crippen LogP contribution >= 0.6 is 0 Å². The molecule has 2 heterocycles. The molecule has 0 fully saturated rings. The standard InChI is InChI=1S/C11H12N4O3S/c12-11-10(7-13-14-11)19(16,17)15-5-6-18-9-4-2-1-3-8(9)15/h1-4,7H,5-6H2,(H3,12,13,14). The van der Waals surface area contributed by atoms with E-state index in [2.05, 4.69) is 10.2 Å². The van der Waals surface area contributed by atoms with Crippen molar-refractivity contribution in [1.82, 2.24) is 10.2 Å². The molecule has 1 aromatic carbocycles. The number of sulfonamides is 1. The summed E-state index contributed by atoms with van der Waals surface area (Å²) < 4.78 is 31.8. The molecule has 19 heavy (non-hydrogen) atoms. The van der Waals surface area contributed by atoms with E-state index >= 15 is 0 Å². The molecule has 0 saturated heterocycles. The molecule has 1 aromatic heterocycles. The van der Waals surface area contributed by atoms with Crippen molar-refractivity contribution in [3.63, 3.8) is 0 Å². The van der Waals surface area contributed by atoms with Gasteiger partial charge in [-0.2, -0.15) is 5.10 Å². The molecular formula is C11H12N4O3S. The van der Waals surface area contributed by atoms with E-state index in [1.165, 1.54) is 10.5 Å². The van der Waals surface area contributed by atoms with Crippen LogP contribution in [0.5, 0.6) is 5.75 Å². The van der Waals surface area contributed by atoms with Crippen molar-refractivity contribution in [2.75, 3.05) is 23.2 Å². The van der Waals surface area contributed by atoms with Crippen LogP contribution in [0, 0.1) is 0 Å². The molecule has 0 bridgehead atoms. The molecule has 100 valence electrons. The summed E-state index contributed by atoms with van der Waals surface area (Å²) in [5.74, 6) is 0.573. The largest absolute Gasteiger partial charge is 0.489 e. The summed E-state index contributed by atoms with van der Waals surface area (Å²) in [4.78, 5) is -0.0239. The highest BCUT2D eigenvalue weighted by molar-refractivity contribution is 7.93. The highest BCUT2D eigenvalue weighted by Crippen LogP contribution is 2.35. The molecule has 1 aliphatic rings. The molecule has 3 N–H and O–H groups in total. The van der Waals surface area contributed by atoms with Gasteiger partial charge in [0.1, 0.15) is 23.1 Å². The molecule has 0 aliphatic carbocycles. The number of ether oxygens (including phenoxy) is 1. The van der Waals surface area contributed by atoms with Crippen LogP contribution in [-0.4, -0.2) is 31.8 Å². The molecule has 8 heteroatoms. The second-order valence-corrected chi connectivity index (χ2v) is 5.87. The van der Waals surface area contributed by atoms with E-state index in [9.17, 15) is 8.42 Å². The van der Waals surface area contributed by atoms with Crippen molar-refractivity contribution in [2.24, 2.45) is 0 Å².